The van der Waals surface area contributed by atoms with Gasteiger partial charge in [0, 0.05) is 0 Å². The Morgan fingerprint density at radius 3 is 1.14 bits per heavy atom. The van der Waals surface area contributed by atoms with E-state index < -0.39 is 0 Å². The van der Waals surface area contributed by atoms with Crippen LogP contribution in [0, 0.1) is 0 Å². The van der Waals surface area contributed by atoms with Gasteiger partial charge in [-0.05, 0) is 0 Å². The summed E-state index contributed by atoms with van der Waals surface area (Å²) in [5, 5.41) is 0. The van der Waals surface area contributed by atoms with Crippen LogP contribution in [0.3, 0.4) is 0 Å². The van der Waals surface area contributed by atoms with Gasteiger partial charge in [0.1, 0.15) is 7.85 Å². The molecule has 0 fully saturated rings. The third kappa shape index (κ3) is 131. The average molecular weight is 140 g/mol. The minimum absolute atomic E-state index is 0. The minimum atomic E-state index is 0. The summed E-state index contributed by atoms with van der Waals surface area (Å²) in [6, 6.07) is 0. The Bertz CT molecular complexity index is 20.4. The van der Waals surface area contributed by atoms with E-state index in [0.717, 1.165) is 0 Å². The molecule has 0 saturated carbocycles. The van der Waals surface area contributed by atoms with Gasteiger partial charge in [0.05, 0.1) is 0 Å². The maximum atomic E-state index is 3.36. The molecule has 0 nitrogen and oxygen atoms in total. The van der Waals surface area contributed by atoms with Crippen LogP contribution >= 0.6 is 0 Å². The Kier molecular flexibility index (Phi) is 332. The fourth-order valence-electron chi connectivity index (χ4n) is 0. The molecular formula is C2H9BF3K. The molecule has 0 aromatic heterocycles. The van der Waals surface area contributed by atoms with E-state index in [2.05, 4.69) is 6.58 Å². The van der Waals surface area contributed by atoms with Crippen LogP contribution in [-0.4, -0.2) is 59.2 Å². The van der Waals surface area contributed by atoms with Crippen molar-refractivity contribution in [1.29, 1.82) is 0 Å². The second kappa shape index (κ2) is 56.4. The van der Waals surface area contributed by atoms with Gasteiger partial charge in [-0.15, -0.1) is 12.6 Å². The molecule has 7 heavy (non-hydrogen) atoms. The van der Waals surface area contributed by atoms with Crippen LogP contribution in [0.1, 0.15) is 0 Å². The Morgan fingerprint density at radius 2 is 1.14 bits per heavy atom. The third-order valence-corrected chi connectivity index (χ3v) is 0. The van der Waals surface area contributed by atoms with Gasteiger partial charge >= 0.3 is 51.4 Å². The third-order valence-electron chi connectivity index (χ3n) is 0. The Hall–Kier alpha value is 1.23. The molecule has 0 unspecified atom stereocenters. The molecule has 5 heteroatoms. The first-order valence-electron chi connectivity index (χ1n) is 0.986. The molecule has 0 aliphatic heterocycles. The van der Waals surface area contributed by atoms with Crippen molar-refractivity contribution in [2.75, 3.05) is 0 Å². The number of hydrogen-bond donors (Lipinski definition) is 0. The van der Waals surface area contributed by atoms with Crippen molar-refractivity contribution in [3.63, 3.8) is 0 Å². The normalized spacial score (nSPS) is 1.71. The number of hydrogen-bond acceptors (Lipinski definition) is 0. The predicted octanol–water partition coefficient (Wildman–Crippen LogP) is -0.428. The Morgan fingerprint density at radius 1 is 1.14 bits per heavy atom. The quantitative estimate of drug-likeness (QED) is 0.400. The molecule has 0 radical (unpaired) electrons. The average Bonchev–Trinajstić information content (AvgIpc) is 0.918. The molecular weight excluding hydrogens is 131 g/mol. The van der Waals surface area contributed by atoms with Gasteiger partial charge < -0.3 is 0 Å². The number of rotatable bonds is 0. The fraction of sp³-hybridized carbons (Fsp3) is 0. The topological polar surface area (TPSA) is 0 Å². The second-order valence-electron chi connectivity index (χ2n) is 0.408. The van der Waals surface area contributed by atoms with Gasteiger partial charge in [0.25, 0.3) is 0 Å². The van der Waals surface area contributed by atoms with E-state index in [1.165, 1.54) is 0 Å². The monoisotopic (exact) mass is 140 g/mol. The van der Waals surface area contributed by atoms with E-state index in [0.29, 0.717) is 0 Å². The van der Waals surface area contributed by atoms with Gasteiger partial charge in [-0.25, -0.2) is 0 Å². The van der Waals surface area contributed by atoms with Crippen LogP contribution in [0.5, 0.6) is 0 Å². The van der Waals surface area contributed by atoms with Gasteiger partial charge in [-0.3, -0.25) is 14.1 Å². The molecule has 0 aliphatic carbocycles. The summed E-state index contributed by atoms with van der Waals surface area (Å²) in [5.41, 5.74) is 0. The summed E-state index contributed by atoms with van der Waals surface area (Å²) < 4.78 is 0. The van der Waals surface area contributed by atoms with Crippen molar-refractivity contribution in [1.82, 2.24) is 0 Å². The van der Waals surface area contributed by atoms with Gasteiger partial charge in [-0.2, -0.15) is 0 Å². The first-order chi connectivity index (χ1) is 1.41. The molecule has 0 aromatic carbocycles. The summed E-state index contributed by atoms with van der Waals surface area (Å²) in [6.07, 6.45) is 0. The van der Waals surface area contributed by atoms with Crippen LogP contribution < -0.4 is 0 Å². The van der Waals surface area contributed by atoms with E-state index in [9.17, 15) is 0 Å². The van der Waals surface area contributed by atoms with Crippen LogP contribution in [0.4, 0.5) is 14.1 Å². The van der Waals surface area contributed by atoms with Gasteiger partial charge in [0.2, 0.25) is 0 Å². The summed E-state index contributed by atoms with van der Waals surface area (Å²) in [4.78, 5) is 0. The zero-order valence-electron chi connectivity index (χ0n) is 3.51. The van der Waals surface area contributed by atoms with Crippen molar-refractivity contribution in [3.8, 4) is 0 Å². The molecule has 0 heterocycles. The molecule has 42 valence electrons. The van der Waals surface area contributed by atoms with Crippen LogP contribution in [0.2, 0.25) is 0 Å². The summed E-state index contributed by atoms with van der Waals surface area (Å²) >= 11 is 0. The van der Waals surface area contributed by atoms with Crippen molar-refractivity contribution < 1.29 is 14.1 Å². The second-order valence-corrected chi connectivity index (χ2v) is 0.408. The fourth-order valence-corrected chi connectivity index (χ4v) is 0. The molecule has 0 N–H and O–H groups in total. The van der Waals surface area contributed by atoms with Crippen LogP contribution in [0.15, 0.2) is 12.6 Å². The first kappa shape index (κ1) is 41.2. The molecule has 0 saturated heterocycles. The summed E-state index contributed by atoms with van der Waals surface area (Å²) in [7, 11) is 1.89. The van der Waals surface area contributed by atoms with E-state index in [4.69, 9.17) is 0 Å². The summed E-state index contributed by atoms with van der Waals surface area (Å²) in [5.74, 6) is 1.75. The van der Waals surface area contributed by atoms with Crippen molar-refractivity contribution in [3.05, 3.63) is 12.6 Å². The molecule has 0 spiro atoms. The van der Waals surface area contributed by atoms with Crippen LogP contribution in [0.25, 0.3) is 0 Å². The van der Waals surface area contributed by atoms with E-state index in [1.807, 2.05) is 7.85 Å². The zero-order valence-corrected chi connectivity index (χ0v) is 3.51. The molecule has 0 aromatic rings. The standard InChI is InChI=1S/C2H5B.3FH.K.H/c1-2-3;;;;;/h2H,1,3H2;3*1H;;. The summed E-state index contributed by atoms with van der Waals surface area (Å²) in [6.45, 7) is 3.36. The van der Waals surface area contributed by atoms with Crippen molar-refractivity contribution in [2.24, 2.45) is 0 Å². The maximum absolute atomic E-state index is 3.36. The zero-order chi connectivity index (χ0) is 2.71. The Balaban J connectivity index is -0.00000000333. The van der Waals surface area contributed by atoms with Gasteiger partial charge in [-0.1, -0.05) is 0 Å². The van der Waals surface area contributed by atoms with Crippen molar-refractivity contribution in [2.45, 2.75) is 0 Å². The van der Waals surface area contributed by atoms with Crippen LogP contribution in [-0.2, 0) is 0 Å². The van der Waals surface area contributed by atoms with Gasteiger partial charge in [0.15, 0.2) is 0 Å². The van der Waals surface area contributed by atoms with E-state index in [1.54, 1.807) is 5.98 Å². The molecule has 0 aliphatic rings. The molecule has 0 bridgehead atoms. The molecule has 0 atom stereocenters. The molecule has 0 rings (SSSR count). The predicted molar refractivity (Wildman–Crippen MR) is 33.4 cm³/mol. The van der Waals surface area contributed by atoms with E-state index >= 15 is 0 Å². The molecule has 0 amide bonds. The SMILES string of the molecule is BC=C.F.F.F.[KH]. The van der Waals surface area contributed by atoms with E-state index in [-0.39, 0.29) is 65.5 Å². The number of halogens is 3. The Labute approximate surface area is 84.7 Å². The first-order valence-corrected chi connectivity index (χ1v) is 0.986. The van der Waals surface area contributed by atoms with Crippen molar-refractivity contribution >= 4 is 59.2 Å².